The van der Waals surface area contributed by atoms with Gasteiger partial charge in [0, 0.05) is 19.0 Å². The van der Waals surface area contributed by atoms with Gasteiger partial charge in [0.15, 0.2) is 12.2 Å². The Labute approximate surface area is 239 Å². The molecule has 1 amide bonds. The third kappa shape index (κ3) is 9.44. The summed E-state index contributed by atoms with van der Waals surface area (Å²) in [4.78, 5) is 12.8. The van der Waals surface area contributed by atoms with Crippen molar-refractivity contribution in [1.82, 2.24) is 16.0 Å². The fourth-order valence-corrected chi connectivity index (χ4v) is 5.06. The van der Waals surface area contributed by atoms with Crippen LogP contribution in [0.4, 0.5) is 0 Å². The molecular formula is C25H47N7O9. The van der Waals surface area contributed by atoms with E-state index < -0.39 is 72.7 Å². The third-order valence-corrected chi connectivity index (χ3v) is 7.27. The molecule has 14 N–H and O–H groups in total. The van der Waals surface area contributed by atoms with Gasteiger partial charge in [-0.05, 0) is 38.8 Å². The Morgan fingerprint density at radius 1 is 1.24 bits per heavy atom. The number of hydrogen-bond acceptors (Lipinski definition) is 13. The van der Waals surface area contributed by atoms with E-state index in [1.165, 1.54) is 6.92 Å². The molecular weight excluding hydrogens is 542 g/mol. The molecule has 1 saturated heterocycles. The third-order valence-electron chi connectivity index (χ3n) is 7.27. The van der Waals surface area contributed by atoms with Crippen molar-refractivity contribution in [3.8, 4) is 0 Å². The first-order valence-electron chi connectivity index (χ1n) is 14.0. The first kappa shape index (κ1) is 33.4. The summed E-state index contributed by atoms with van der Waals surface area (Å²) in [6, 6.07) is -2.24. The quantitative estimate of drug-likeness (QED) is 0.0765. The highest BCUT2D eigenvalue weighted by Gasteiger charge is 2.49. The molecule has 0 aromatic rings. The van der Waals surface area contributed by atoms with E-state index in [9.17, 15) is 25.2 Å². The van der Waals surface area contributed by atoms with Crippen molar-refractivity contribution >= 4 is 11.9 Å². The second-order valence-electron chi connectivity index (χ2n) is 11.1. The molecule has 16 heteroatoms. The second kappa shape index (κ2) is 14.9. The Balaban J connectivity index is 1.74. The van der Waals surface area contributed by atoms with E-state index >= 15 is 0 Å². The fraction of sp³-hybridized carbons (Fsp3) is 0.840. The minimum atomic E-state index is -1.45. The summed E-state index contributed by atoms with van der Waals surface area (Å²) in [5.74, 6) is -0.402. The predicted molar refractivity (Wildman–Crippen MR) is 146 cm³/mol. The number of guanidine groups is 1. The van der Waals surface area contributed by atoms with E-state index in [2.05, 4.69) is 16.0 Å². The van der Waals surface area contributed by atoms with E-state index in [0.29, 0.717) is 18.7 Å². The van der Waals surface area contributed by atoms with Crippen LogP contribution in [0.1, 0.15) is 39.5 Å². The van der Waals surface area contributed by atoms with Crippen LogP contribution in [-0.4, -0.2) is 125 Å². The lowest BCUT2D eigenvalue weighted by Gasteiger charge is -2.47. The van der Waals surface area contributed by atoms with Gasteiger partial charge in [0.2, 0.25) is 12.2 Å². The monoisotopic (exact) mass is 589 g/mol. The normalized spacial score (nSPS) is 38.3. The molecule has 3 rings (SSSR count). The predicted octanol–water partition coefficient (Wildman–Crippen LogP) is -4.01. The number of nitrogens with one attached hydrogen (secondary N) is 4. The van der Waals surface area contributed by atoms with Gasteiger partial charge in [-0.1, -0.05) is 6.92 Å². The first-order chi connectivity index (χ1) is 19.3. The van der Waals surface area contributed by atoms with Crippen molar-refractivity contribution in [2.75, 3.05) is 26.2 Å². The van der Waals surface area contributed by atoms with Gasteiger partial charge in [-0.3, -0.25) is 10.2 Å². The average Bonchev–Trinajstić information content (AvgIpc) is 2.89. The van der Waals surface area contributed by atoms with Gasteiger partial charge in [-0.15, -0.1) is 0 Å². The molecule has 16 nitrogen and oxygen atoms in total. The summed E-state index contributed by atoms with van der Waals surface area (Å²) < 4.78 is 23.6. The molecule has 0 aromatic carbocycles. The molecule has 11 atom stereocenters. The van der Waals surface area contributed by atoms with Crippen molar-refractivity contribution in [3.05, 3.63) is 11.8 Å². The fourth-order valence-electron chi connectivity index (χ4n) is 5.06. The zero-order valence-electron chi connectivity index (χ0n) is 23.6. The van der Waals surface area contributed by atoms with Crippen molar-refractivity contribution in [2.24, 2.45) is 17.2 Å². The molecule has 1 saturated carbocycles. The molecule has 0 spiro atoms. The number of nitrogens with two attached hydrogens (primary N) is 3. The van der Waals surface area contributed by atoms with E-state index in [1.54, 1.807) is 0 Å². The van der Waals surface area contributed by atoms with Crippen molar-refractivity contribution < 1.29 is 44.2 Å². The molecule has 2 fully saturated rings. The molecule has 3 aliphatic rings. The molecule has 2 heterocycles. The van der Waals surface area contributed by atoms with Crippen LogP contribution in [0, 0.1) is 5.41 Å². The van der Waals surface area contributed by atoms with E-state index in [4.69, 9.17) is 41.6 Å². The number of carbonyl (C=O) groups excluding carboxylic acids is 1. The lowest BCUT2D eigenvalue weighted by Crippen LogP contribution is -2.67. The summed E-state index contributed by atoms with van der Waals surface area (Å²) in [5, 5.41) is 58.2. The Bertz CT molecular complexity index is 911. The summed E-state index contributed by atoms with van der Waals surface area (Å²) in [6.07, 6.45) is -6.12. The number of hydrogen-bond donors (Lipinski definition) is 11. The summed E-state index contributed by atoms with van der Waals surface area (Å²) >= 11 is 0. The zero-order chi connectivity index (χ0) is 30.3. The number of rotatable bonds is 12. The largest absolute Gasteiger partial charge is 0.467 e. The van der Waals surface area contributed by atoms with Crippen LogP contribution in [0.15, 0.2) is 11.8 Å². The molecule has 0 radical (unpaired) electrons. The highest BCUT2D eigenvalue weighted by Crippen LogP contribution is 2.31. The number of aliphatic hydroxyl groups excluding tert-OH is 3. The SMILES string of the molecule is CCNCC1=CC[C@@H](N)[C@@H](OC2[C@@H](N)C[C@@H](NC(=O)[C@@H](O)CCNC(=N)N)[C@H](O[C@H]3OC[C@](C)(O)C[C@H]3O)[C@H]2O)O1. The van der Waals surface area contributed by atoms with Crippen LogP contribution in [0.5, 0.6) is 0 Å². The van der Waals surface area contributed by atoms with Crippen molar-refractivity contribution in [1.29, 1.82) is 5.41 Å². The van der Waals surface area contributed by atoms with Crippen LogP contribution in [-0.2, 0) is 23.7 Å². The maximum atomic E-state index is 12.8. The van der Waals surface area contributed by atoms with Gasteiger partial charge in [-0.25, -0.2) is 0 Å². The highest BCUT2D eigenvalue weighted by atomic mass is 16.7. The number of likely N-dealkylation sites (N-methyl/N-ethyl adjacent to an activating group) is 1. The van der Waals surface area contributed by atoms with Crippen LogP contribution < -0.4 is 33.2 Å². The maximum absolute atomic E-state index is 12.8. The van der Waals surface area contributed by atoms with Crippen LogP contribution in [0.2, 0.25) is 0 Å². The highest BCUT2D eigenvalue weighted by molar-refractivity contribution is 5.81. The Morgan fingerprint density at radius 3 is 2.61 bits per heavy atom. The van der Waals surface area contributed by atoms with E-state index in [1.807, 2.05) is 13.0 Å². The van der Waals surface area contributed by atoms with Gasteiger partial charge in [0.25, 0.3) is 0 Å². The summed E-state index contributed by atoms with van der Waals surface area (Å²) in [7, 11) is 0. The smallest absolute Gasteiger partial charge is 0.249 e. The Hall–Kier alpha value is -2.12. The van der Waals surface area contributed by atoms with Crippen LogP contribution in [0.3, 0.4) is 0 Å². The van der Waals surface area contributed by atoms with Gasteiger partial charge in [0.1, 0.15) is 36.3 Å². The summed E-state index contributed by atoms with van der Waals surface area (Å²) in [6.45, 7) is 4.66. The molecule has 1 aliphatic carbocycles. The molecule has 0 aromatic heterocycles. The van der Waals surface area contributed by atoms with E-state index in [0.717, 1.165) is 6.54 Å². The molecule has 0 bridgehead atoms. The van der Waals surface area contributed by atoms with E-state index in [-0.39, 0.29) is 38.4 Å². The molecule has 41 heavy (non-hydrogen) atoms. The number of aliphatic hydroxyl groups is 4. The summed E-state index contributed by atoms with van der Waals surface area (Å²) in [5.41, 5.74) is 16.6. The Kier molecular flexibility index (Phi) is 12.1. The maximum Gasteiger partial charge on any atom is 0.249 e. The minimum absolute atomic E-state index is 0.0372. The second-order valence-corrected chi connectivity index (χ2v) is 11.1. The van der Waals surface area contributed by atoms with Gasteiger partial charge >= 0.3 is 0 Å². The molecule has 236 valence electrons. The van der Waals surface area contributed by atoms with Crippen LogP contribution >= 0.6 is 0 Å². The van der Waals surface area contributed by atoms with Gasteiger partial charge < -0.3 is 72.5 Å². The zero-order valence-corrected chi connectivity index (χ0v) is 23.6. The molecule has 1 unspecified atom stereocenters. The lowest BCUT2D eigenvalue weighted by molar-refractivity contribution is -0.297. The number of ether oxygens (including phenoxy) is 4. The Morgan fingerprint density at radius 2 is 1.95 bits per heavy atom. The van der Waals surface area contributed by atoms with Gasteiger partial charge in [-0.2, -0.15) is 0 Å². The standard InChI is InChI=1S/C25H47N7O9/c1-3-30-10-12-4-5-13(26)22(39-12)40-19-14(27)8-15(32-21(36)16(33)6-7-31-24(28)29)20(18(19)35)41-23-17(34)9-25(2,37)11-38-23/h4,13-20,22-23,30,33-35,37H,3,5-11,26-27H2,1-2H3,(H,32,36)(H4,28,29,31)/t13-,14+,15-,16+,17-,18+,19?,20+,22-,23-,25-/m1/s1. The number of carbonyl (C=O) groups is 1. The van der Waals surface area contributed by atoms with Crippen LogP contribution in [0.25, 0.3) is 0 Å². The van der Waals surface area contributed by atoms with Crippen molar-refractivity contribution in [3.63, 3.8) is 0 Å². The van der Waals surface area contributed by atoms with Gasteiger partial charge in [0.05, 0.1) is 30.8 Å². The molecule has 2 aliphatic heterocycles. The topological polar surface area (TPSA) is 273 Å². The first-order valence-corrected chi connectivity index (χ1v) is 14.0. The number of amides is 1. The average molecular weight is 590 g/mol. The van der Waals surface area contributed by atoms with Crippen molar-refractivity contribution in [2.45, 2.75) is 106 Å². The lowest BCUT2D eigenvalue weighted by atomic mass is 9.83. The minimum Gasteiger partial charge on any atom is -0.467 e.